The number of imidazole rings is 1. The van der Waals surface area contributed by atoms with Gasteiger partial charge in [0.05, 0.1) is 16.6 Å². The van der Waals surface area contributed by atoms with Crippen LogP contribution in [0.3, 0.4) is 0 Å². The third-order valence-corrected chi connectivity index (χ3v) is 6.04. The van der Waals surface area contributed by atoms with Crippen LogP contribution in [0, 0.1) is 0 Å². The summed E-state index contributed by atoms with van der Waals surface area (Å²) in [7, 11) is 0. The summed E-state index contributed by atoms with van der Waals surface area (Å²) < 4.78 is 47.6. The van der Waals surface area contributed by atoms with Crippen molar-refractivity contribution >= 4 is 34.4 Å². The molecule has 0 fully saturated rings. The average molecular weight is 458 g/mol. The normalized spacial score (nSPS) is 12.6. The van der Waals surface area contributed by atoms with E-state index >= 15 is 0 Å². The monoisotopic (exact) mass is 458 g/mol. The fourth-order valence-electron chi connectivity index (χ4n) is 3.41. The molecule has 5 nitrogen and oxygen atoms in total. The number of carbonyl (C=O) groups is 1. The molecule has 1 atom stereocenters. The van der Waals surface area contributed by atoms with Gasteiger partial charge in [0.2, 0.25) is 0 Å². The van der Waals surface area contributed by atoms with E-state index in [0.717, 1.165) is 28.5 Å². The van der Waals surface area contributed by atoms with E-state index < -0.39 is 23.8 Å². The third-order valence-electron chi connectivity index (χ3n) is 4.93. The molecule has 0 aliphatic rings. The SMILES string of the molecule is C=Cc1ccc2ncn(-c3cc(O[C@H](C)c4ccccc4C(F)(F)F)c(C(=O)O)s3)c2c1. The second-order valence-electron chi connectivity index (χ2n) is 7.00. The summed E-state index contributed by atoms with van der Waals surface area (Å²) in [4.78, 5) is 16.0. The third kappa shape index (κ3) is 3.99. The lowest BCUT2D eigenvalue weighted by molar-refractivity contribution is -0.139. The number of carboxylic acids is 1. The van der Waals surface area contributed by atoms with Crippen molar-refractivity contribution in [2.45, 2.75) is 19.2 Å². The fourth-order valence-corrected chi connectivity index (χ4v) is 4.32. The number of ether oxygens (including phenoxy) is 1. The molecular weight excluding hydrogens is 441 g/mol. The Morgan fingerprint density at radius 2 is 2.00 bits per heavy atom. The Hall–Kier alpha value is -3.59. The van der Waals surface area contributed by atoms with Crippen LogP contribution in [0.1, 0.15) is 39.4 Å². The highest BCUT2D eigenvalue weighted by molar-refractivity contribution is 7.16. The second kappa shape index (κ2) is 8.16. The molecule has 0 saturated heterocycles. The number of carboxylic acid groups (broad SMARTS) is 1. The maximum atomic E-state index is 13.4. The summed E-state index contributed by atoms with van der Waals surface area (Å²) in [5.41, 5.74) is 1.41. The standard InChI is InChI=1S/C23H17F3N2O3S/c1-3-14-8-9-17-18(10-14)28(12-27-17)20-11-19(21(32-20)22(29)30)31-13(2)15-6-4-5-7-16(15)23(24,25)26/h3-13H,1H2,2H3,(H,29,30)/t13-/m1/s1. The van der Waals surface area contributed by atoms with Gasteiger partial charge >= 0.3 is 12.1 Å². The van der Waals surface area contributed by atoms with Crippen molar-refractivity contribution in [2.75, 3.05) is 0 Å². The van der Waals surface area contributed by atoms with Gasteiger partial charge in [-0.1, -0.05) is 36.9 Å². The van der Waals surface area contributed by atoms with E-state index in [2.05, 4.69) is 11.6 Å². The van der Waals surface area contributed by atoms with Crippen LogP contribution in [0.2, 0.25) is 0 Å². The summed E-state index contributed by atoms with van der Waals surface area (Å²) >= 11 is 0.951. The number of aromatic nitrogens is 2. The van der Waals surface area contributed by atoms with Gasteiger partial charge in [-0.15, -0.1) is 11.3 Å². The Morgan fingerprint density at radius 3 is 2.69 bits per heavy atom. The molecule has 1 N–H and O–H groups in total. The van der Waals surface area contributed by atoms with E-state index in [1.807, 2.05) is 18.2 Å². The van der Waals surface area contributed by atoms with E-state index in [9.17, 15) is 23.1 Å². The van der Waals surface area contributed by atoms with Crippen LogP contribution in [0.15, 0.2) is 61.4 Å². The van der Waals surface area contributed by atoms with Gasteiger partial charge in [-0.25, -0.2) is 9.78 Å². The lowest BCUT2D eigenvalue weighted by atomic mass is 10.0. The number of aromatic carboxylic acids is 1. The zero-order chi connectivity index (χ0) is 23.0. The van der Waals surface area contributed by atoms with Crippen molar-refractivity contribution in [2.24, 2.45) is 0 Å². The summed E-state index contributed by atoms with van der Waals surface area (Å²) in [6.45, 7) is 5.20. The van der Waals surface area contributed by atoms with Crippen LogP contribution >= 0.6 is 11.3 Å². The maximum absolute atomic E-state index is 13.4. The van der Waals surface area contributed by atoms with Gasteiger partial charge in [0.1, 0.15) is 23.2 Å². The molecular formula is C23H17F3N2O3S. The molecule has 0 amide bonds. The summed E-state index contributed by atoms with van der Waals surface area (Å²) in [6, 6.07) is 12.1. The molecule has 164 valence electrons. The fraction of sp³-hybridized carbons (Fsp3) is 0.130. The molecule has 0 aliphatic heterocycles. The summed E-state index contributed by atoms with van der Waals surface area (Å²) in [5, 5.41) is 10.2. The van der Waals surface area contributed by atoms with Gasteiger partial charge in [0.15, 0.2) is 4.88 Å². The molecule has 32 heavy (non-hydrogen) atoms. The highest BCUT2D eigenvalue weighted by Crippen LogP contribution is 2.39. The minimum Gasteiger partial charge on any atom is -0.484 e. The van der Waals surface area contributed by atoms with Gasteiger partial charge < -0.3 is 9.84 Å². The first-order chi connectivity index (χ1) is 15.2. The van der Waals surface area contributed by atoms with Crippen LogP contribution in [0.5, 0.6) is 5.75 Å². The quantitative estimate of drug-likeness (QED) is 0.354. The predicted molar refractivity (Wildman–Crippen MR) is 116 cm³/mol. The first-order valence-corrected chi connectivity index (χ1v) is 10.3. The number of fused-ring (bicyclic) bond motifs is 1. The Morgan fingerprint density at radius 1 is 1.25 bits per heavy atom. The van der Waals surface area contributed by atoms with Crippen molar-refractivity contribution < 1.29 is 27.8 Å². The molecule has 0 saturated carbocycles. The van der Waals surface area contributed by atoms with Crippen molar-refractivity contribution in [1.82, 2.24) is 9.55 Å². The summed E-state index contributed by atoms with van der Waals surface area (Å²) in [5.74, 6) is -1.24. The molecule has 2 aromatic carbocycles. The van der Waals surface area contributed by atoms with E-state index in [0.29, 0.717) is 10.5 Å². The minimum absolute atomic E-state index is 0.0105. The number of nitrogens with zero attached hydrogens (tertiary/aromatic N) is 2. The van der Waals surface area contributed by atoms with Gasteiger partial charge in [-0.2, -0.15) is 13.2 Å². The number of halogens is 3. The number of thiophene rings is 1. The van der Waals surface area contributed by atoms with Crippen LogP contribution in [-0.2, 0) is 6.18 Å². The average Bonchev–Trinajstić information content (AvgIpc) is 3.36. The van der Waals surface area contributed by atoms with E-state index in [4.69, 9.17) is 4.74 Å². The lowest BCUT2D eigenvalue weighted by Gasteiger charge is -2.19. The van der Waals surface area contributed by atoms with Crippen LogP contribution in [0.25, 0.3) is 22.1 Å². The smallest absolute Gasteiger partial charge is 0.416 e. The molecule has 9 heteroatoms. The molecule has 0 unspecified atom stereocenters. The van der Waals surface area contributed by atoms with Crippen LogP contribution in [-0.4, -0.2) is 20.6 Å². The number of alkyl halides is 3. The molecule has 0 bridgehead atoms. The molecule has 2 heterocycles. The van der Waals surface area contributed by atoms with Crippen molar-refractivity contribution in [3.05, 3.63) is 83.0 Å². The lowest BCUT2D eigenvalue weighted by Crippen LogP contribution is -2.14. The van der Waals surface area contributed by atoms with E-state index in [-0.39, 0.29) is 16.2 Å². The van der Waals surface area contributed by atoms with Gasteiger partial charge in [-0.3, -0.25) is 4.57 Å². The highest BCUT2D eigenvalue weighted by Gasteiger charge is 2.35. The number of hydrogen-bond acceptors (Lipinski definition) is 4. The molecule has 0 radical (unpaired) electrons. The van der Waals surface area contributed by atoms with Crippen LogP contribution < -0.4 is 4.74 Å². The number of benzene rings is 2. The molecule has 4 aromatic rings. The zero-order valence-electron chi connectivity index (χ0n) is 16.8. The Bertz CT molecular complexity index is 1320. The predicted octanol–water partition coefficient (Wildman–Crippen LogP) is 6.59. The van der Waals surface area contributed by atoms with E-state index in [1.54, 1.807) is 17.0 Å². The Labute approximate surface area is 185 Å². The molecule has 0 spiro atoms. The highest BCUT2D eigenvalue weighted by atomic mass is 32.1. The topological polar surface area (TPSA) is 64.4 Å². The molecule has 4 rings (SSSR count). The Balaban J connectivity index is 1.75. The number of hydrogen-bond donors (Lipinski definition) is 1. The van der Waals surface area contributed by atoms with Crippen molar-refractivity contribution in [3.8, 4) is 10.8 Å². The van der Waals surface area contributed by atoms with Gasteiger partial charge in [0, 0.05) is 11.6 Å². The molecule has 0 aliphatic carbocycles. The zero-order valence-corrected chi connectivity index (χ0v) is 17.6. The van der Waals surface area contributed by atoms with Crippen LogP contribution in [0.4, 0.5) is 13.2 Å². The van der Waals surface area contributed by atoms with Crippen molar-refractivity contribution in [3.63, 3.8) is 0 Å². The maximum Gasteiger partial charge on any atom is 0.416 e. The van der Waals surface area contributed by atoms with Gasteiger partial charge in [-0.05, 0) is 30.7 Å². The van der Waals surface area contributed by atoms with Gasteiger partial charge in [0.25, 0.3) is 0 Å². The van der Waals surface area contributed by atoms with Crippen molar-refractivity contribution in [1.29, 1.82) is 0 Å². The second-order valence-corrected chi connectivity index (χ2v) is 8.03. The first-order valence-electron chi connectivity index (χ1n) is 9.49. The summed E-state index contributed by atoms with van der Waals surface area (Å²) in [6.07, 6.45) is -2.34. The first kappa shape index (κ1) is 21.6. The number of rotatable bonds is 6. The largest absolute Gasteiger partial charge is 0.484 e. The minimum atomic E-state index is -4.55. The molecule has 2 aromatic heterocycles. The Kier molecular flexibility index (Phi) is 5.52. The van der Waals surface area contributed by atoms with E-state index in [1.165, 1.54) is 31.2 Å².